The molecule has 0 bridgehead atoms. The summed E-state index contributed by atoms with van der Waals surface area (Å²) in [4.78, 5) is 13.8. The second-order valence-electron chi connectivity index (χ2n) is 10.6. The fraction of sp³-hybridized carbons (Fsp3) is 0.952. The van der Waals surface area contributed by atoms with Crippen LogP contribution in [-0.4, -0.2) is 23.9 Å². The quantitative estimate of drug-likeness (QED) is 0.606. The molecule has 2 aliphatic rings. The fourth-order valence-corrected chi connectivity index (χ4v) is 3.95. The molecule has 0 aromatic rings. The third-order valence-electron chi connectivity index (χ3n) is 4.91. The van der Waals surface area contributed by atoms with E-state index in [1.54, 1.807) is 0 Å². The Hall–Kier alpha value is -0.530. The molecule has 0 unspecified atom stereocenters. The minimum atomic E-state index is 0.133. The Labute approximate surface area is 145 Å². The zero-order valence-electron chi connectivity index (χ0n) is 16.9. The van der Waals surface area contributed by atoms with E-state index in [9.17, 15) is 4.79 Å². The van der Waals surface area contributed by atoms with Crippen molar-refractivity contribution in [2.45, 2.75) is 99.8 Å². The highest BCUT2D eigenvalue weighted by atomic mass is 16.2. The lowest BCUT2D eigenvalue weighted by atomic mass is 9.63. The molecule has 2 heteroatoms. The molecule has 1 amide bonds. The number of likely N-dealkylation sites (tertiary alicyclic amines) is 1. The summed E-state index contributed by atoms with van der Waals surface area (Å²) < 4.78 is 0. The van der Waals surface area contributed by atoms with Crippen LogP contribution in [0.2, 0.25) is 0 Å². The SMILES string of the molecule is CC(C)(C)CC(=O)N1CCCCC1.CC(C)(C)CC1(C)CCC1. The molecule has 1 aliphatic carbocycles. The van der Waals surface area contributed by atoms with Crippen LogP contribution >= 0.6 is 0 Å². The molecule has 0 spiro atoms. The highest BCUT2D eigenvalue weighted by molar-refractivity contribution is 5.76. The van der Waals surface area contributed by atoms with Gasteiger partial charge in [0.15, 0.2) is 0 Å². The van der Waals surface area contributed by atoms with Gasteiger partial charge in [0.25, 0.3) is 0 Å². The summed E-state index contributed by atoms with van der Waals surface area (Å²) in [6.07, 6.45) is 10.2. The summed E-state index contributed by atoms with van der Waals surface area (Å²) in [5, 5.41) is 0. The average Bonchev–Trinajstić information content (AvgIpc) is 2.35. The van der Waals surface area contributed by atoms with Crippen molar-refractivity contribution in [3.63, 3.8) is 0 Å². The Balaban J connectivity index is 0.000000238. The summed E-state index contributed by atoms with van der Waals surface area (Å²) in [6, 6.07) is 0. The van der Waals surface area contributed by atoms with Crippen molar-refractivity contribution in [1.82, 2.24) is 4.90 Å². The van der Waals surface area contributed by atoms with Crippen molar-refractivity contribution in [3.8, 4) is 0 Å². The maximum atomic E-state index is 11.7. The Morgan fingerprint density at radius 3 is 1.70 bits per heavy atom. The zero-order chi connectivity index (χ0) is 17.7. The Kier molecular flexibility index (Phi) is 7.16. The summed E-state index contributed by atoms with van der Waals surface area (Å²) in [6.45, 7) is 17.8. The first-order valence-corrected chi connectivity index (χ1v) is 9.68. The van der Waals surface area contributed by atoms with Crippen LogP contribution < -0.4 is 0 Å². The second-order valence-corrected chi connectivity index (χ2v) is 10.6. The number of nitrogens with zero attached hydrogens (tertiary/aromatic N) is 1. The van der Waals surface area contributed by atoms with Gasteiger partial charge in [0.1, 0.15) is 0 Å². The van der Waals surface area contributed by atoms with E-state index in [0.717, 1.165) is 13.1 Å². The monoisotopic (exact) mass is 323 g/mol. The highest BCUT2D eigenvalue weighted by Gasteiger charge is 2.35. The molecule has 0 aromatic carbocycles. The highest BCUT2D eigenvalue weighted by Crippen LogP contribution is 2.48. The van der Waals surface area contributed by atoms with Gasteiger partial charge in [-0.2, -0.15) is 0 Å². The number of hydrogen-bond acceptors (Lipinski definition) is 1. The smallest absolute Gasteiger partial charge is 0.223 e. The molecule has 0 aromatic heterocycles. The summed E-state index contributed by atoms with van der Waals surface area (Å²) in [5.74, 6) is 0.340. The molecule has 1 heterocycles. The molecular formula is C21H41NO. The van der Waals surface area contributed by atoms with Gasteiger partial charge in [-0.1, -0.05) is 54.9 Å². The predicted molar refractivity (Wildman–Crippen MR) is 101 cm³/mol. The van der Waals surface area contributed by atoms with Gasteiger partial charge in [-0.25, -0.2) is 0 Å². The molecule has 1 aliphatic heterocycles. The van der Waals surface area contributed by atoms with Crippen LogP contribution in [0.1, 0.15) is 99.8 Å². The summed E-state index contributed by atoms with van der Waals surface area (Å²) in [5.41, 5.74) is 1.38. The van der Waals surface area contributed by atoms with E-state index in [1.807, 2.05) is 4.90 Å². The average molecular weight is 324 g/mol. The second kappa shape index (κ2) is 8.03. The molecule has 0 atom stereocenters. The van der Waals surface area contributed by atoms with Crippen LogP contribution in [0.15, 0.2) is 0 Å². The van der Waals surface area contributed by atoms with Crippen molar-refractivity contribution in [3.05, 3.63) is 0 Å². The van der Waals surface area contributed by atoms with Gasteiger partial charge in [0, 0.05) is 19.5 Å². The Bertz CT molecular complexity index is 362. The van der Waals surface area contributed by atoms with Gasteiger partial charge in [-0.05, 0) is 54.8 Å². The molecule has 2 rings (SSSR count). The zero-order valence-corrected chi connectivity index (χ0v) is 16.9. The molecule has 2 fully saturated rings. The van der Waals surface area contributed by atoms with E-state index in [-0.39, 0.29) is 5.41 Å². The fourth-order valence-electron chi connectivity index (χ4n) is 3.95. The van der Waals surface area contributed by atoms with Crippen molar-refractivity contribution in [2.24, 2.45) is 16.2 Å². The van der Waals surface area contributed by atoms with Gasteiger partial charge in [0.2, 0.25) is 5.91 Å². The van der Waals surface area contributed by atoms with Gasteiger partial charge in [-0.15, -0.1) is 0 Å². The number of carbonyl (C=O) groups is 1. The van der Waals surface area contributed by atoms with Gasteiger partial charge in [0.05, 0.1) is 0 Å². The van der Waals surface area contributed by atoms with E-state index >= 15 is 0 Å². The van der Waals surface area contributed by atoms with Crippen molar-refractivity contribution in [2.75, 3.05) is 13.1 Å². The minimum absolute atomic E-state index is 0.133. The van der Waals surface area contributed by atoms with Crippen molar-refractivity contribution < 1.29 is 4.79 Å². The van der Waals surface area contributed by atoms with Crippen LogP contribution in [-0.2, 0) is 4.79 Å². The first-order valence-electron chi connectivity index (χ1n) is 9.68. The van der Waals surface area contributed by atoms with Crippen LogP contribution in [0.4, 0.5) is 0 Å². The van der Waals surface area contributed by atoms with Gasteiger partial charge < -0.3 is 4.90 Å². The van der Waals surface area contributed by atoms with Gasteiger partial charge in [-0.3, -0.25) is 4.79 Å². The van der Waals surface area contributed by atoms with E-state index in [4.69, 9.17) is 0 Å². The van der Waals surface area contributed by atoms with E-state index in [2.05, 4.69) is 48.5 Å². The lowest BCUT2D eigenvalue weighted by molar-refractivity contribution is -0.133. The Morgan fingerprint density at radius 1 is 0.870 bits per heavy atom. The molecule has 136 valence electrons. The van der Waals surface area contributed by atoms with Crippen LogP contribution in [0.3, 0.4) is 0 Å². The molecule has 2 nitrogen and oxygen atoms in total. The van der Waals surface area contributed by atoms with Gasteiger partial charge >= 0.3 is 0 Å². The predicted octanol–water partition coefficient (Wildman–Crippen LogP) is 6.05. The topological polar surface area (TPSA) is 20.3 Å². The van der Waals surface area contributed by atoms with E-state index in [0.29, 0.717) is 23.2 Å². The van der Waals surface area contributed by atoms with Crippen LogP contribution in [0.5, 0.6) is 0 Å². The lowest BCUT2D eigenvalue weighted by Crippen LogP contribution is -2.37. The molecular weight excluding hydrogens is 282 g/mol. The number of hydrogen-bond donors (Lipinski definition) is 0. The van der Waals surface area contributed by atoms with Crippen LogP contribution in [0, 0.1) is 16.2 Å². The largest absolute Gasteiger partial charge is 0.343 e. The lowest BCUT2D eigenvalue weighted by Gasteiger charge is -2.42. The molecule has 1 saturated carbocycles. The third kappa shape index (κ3) is 8.77. The number of rotatable bonds is 2. The molecule has 0 radical (unpaired) electrons. The summed E-state index contributed by atoms with van der Waals surface area (Å²) in [7, 11) is 0. The van der Waals surface area contributed by atoms with Crippen molar-refractivity contribution in [1.29, 1.82) is 0 Å². The first kappa shape index (κ1) is 20.5. The van der Waals surface area contributed by atoms with E-state index < -0.39 is 0 Å². The minimum Gasteiger partial charge on any atom is -0.343 e. The first-order chi connectivity index (χ1) is 10.4. The maximum absolute atomic E-state index is 11.7. The van der Waals surface area contributed by atoms with Crippen molar-refractivity contribution >= 4 is 5.91 Å². The number of piperidine rings is 1. The summed E-state index contributed by atoms with van der Waals surface area (Å²) >= 11 is 0. The maximum Gasteiger partial charge on any atom is 0.223 e. The molecule has 23 heavy (non-hydrogen) atoms. The Morgan fingerprint density at radius 2 is 1.39 bits per heavy atom. The molecule has 0 N–H and O–H groups in total. The van der Waals surface area contributed by atoms with E-state index in [1.165, 1.54) is 44.9 Å². The number of amides is 1. The third-order valence-corrected chi connectivity index (χ3v) is 4.91. The normalized spacial score (nSPS) is 21.1. The number of carbonyl (C=O) groups excluding carboxylic acids is 1. The standard InChI is InChI=1S/C11H21NO.C10H20/c1-11(2,3)9-10(13)12-7-5-4-6-8-12;1-9(2,3)8-10(4)6-5-7-10/h4-9H2,1-3H3;5-8H2,1-4H3. The van der Waals surface area contributed by atoms with Crippen LogP contribution in [0.25, 0.3) is 0 Å². The molecule has 1 saturated heterocycles.